The van der Waals surface area contributed by atoms with Crippen LogP contribution >= 0.6 is 0 Å². The molecule has 0 aromatic rings. The van der Waals surface area contributed by atoms with Crippen LogP contribution in [0.5, 0.6) is 0 Å². The second-order valence-corrected chi connectivity index (χ2v) is 4.46. The van der Waals surface area contributed by atoms with Crippen LogP contribution in [0.2, 0.25) is 0 Å². The molecule has 0 spiro atoms. The van der Waals surface area contributed by atoms with E-state index < -0.39 is 0 Å². The lowest BCUT2D eigenvalue weighted by Gasteiger charge is -2.17. The Balaban J connectivity index is 2.21. The maximum Gasteiger partial charge on any atom is 0.208 e. The van der Waals surface area contributed by atoms with Gasteiger partial charge in [0.15, 0.2) is 0 Å². The van der Waals surface area contributed by atoms with Crippen LogP contribution in [0.15, 0.2) is 0 Å². The van der Waals surface area contributed by atoms with Crippen LogP contribution in [0.3, 0.4) is 0 Å². The van der Waals surface area contributed by atoms with Crippen molar-refractivity contribution in [2.75, 3.05) is 0 Å². The fraction of sp³-hybridized carbons (Fsp3) is 0.786. The first-order chi connectivity index (χ1) is 7.34. The summed E-state index contributed by atoms with van der Waals surface area (Å²) in [7, 11) is 0. The lowest BCUT2D eigenvalue weighted by Crippen LogP contribution is -2.15. The fourth-order valence-electron chi connectivity index (χ4n) is 2.08. The highest BCUT2D eigenvalue weighted by molar-refractivity contribution is 5.97. The highest BCUT2D eigenvalue weighted by atomic mass is 16.1. The van der Waals surface area contributed by atoms with Gasteiger partial charge in [-0.05, 0) is 25.2 Å². The summed E-state index contributed by atoms with van der Waals surface area (Å²) in [6.45, 7) is 2.18. The summed E-state index contributed by atoms with van der Waals surface area (Å²) in [5.74, 6) is 6.30. The van der Waals surface area contributed by atoms with E-state index in [0.29, 0.717) is 0 Å². The van der Waals surface area contributed by atoms with Crippen molar-refractivity contribution in [3.63, 3.8) is 0 Å². The molecule has 1 fully saturated rings. The Morgan fingerprint density at radius 3 is 2.60 bits per heavy atom. The predicted octanol–water partition coefficient (Wildman–Crippen LogP) is 3.72. The van der Waals surface area contributed by atoms with Crippen molar-refractivity contribution in [3.05, 3.63) is 0 Å². The van der Waals surface area contributed by atoms with Gasteiger partial charge in [-0.1, -0.05) is 44.9 Å². The molecule has 84 valence electrons. The Morgan fingerprint density at radius 1 is 1.20 bits per heavy atom. The van der Waals surface area contributed by atoms with Crippen molar-refractivity contribution in [3.8, 4) is 11.8 Å². The van der Waals surface area contributed by atoms with Gasteiger partial charge in [-0.25, -0.2) is 0 Å². The fourth-order valence-corrected chi connectivity index (χ4v) is 2.08. The Hall–Kier alpha value is -0.770. The lowest BCUT2D eigenvalue weighted by molar-refractivity contribution is -0.118. The largest absolute Gasteiger partial charge is 0.285 e. The molecule has 0 heterocycles. The standard InChI is InChI=1S/C14H22O/c1-2-3-4-5-9-12-14(15)13-10-7-6-8-11-13/h13H,2-8,10-11H2,1H3. The number of carbonyl (C=O) groups excluding carboxylic acids is 1. The number of rotatable bonds is 4. The summed E-state index contributed by atoms with van der Waals surface area (Å²) in [5, 5.41) is 0. The molecule has 15 heavy (non-hydrogen) atoms. The molecule has 1 nitrogen and oxygen atoms in total. The molecule has 0 bridgehead atoms. The molecule has 1 saturated carbocycles. The van der Waals surface area contributed by atoms with Crippen molar-refractivity contribution >= 4 is 5.78 Å². The normalized spacial score (nSPS) is 16.9. The van der Waals surface area contributed by atoms with Gasteiger partial charge in [-0.3, -0.25) is 4.79 Å². The zero-order valence-corrected chi connectivity index (χ0v) is 9.85. The molecular formula is C14H22O. The summed E-state index contributed by atoms with van der Waals surface area (Å²) in [4.78, 5) is 11.7. The van der Waals surface area contributed by atoms with Crippen LogP contribution in [0.4, 0.5) is 0 Å². The zero-order chi connectivity index (χ0) is 10.9. The Kier molecular flexibility index (Phi) is 6.16. The number of ketones is 1. The molecule has 0 aromatic carbocycles. The minimum atomic E-state index is 0.200. The highest BCUT2D eigenvalue weighted by Crippen LogP contribution is 2.23. The van der Waals surface area contributed by atoms with Gasteiger partial charge in [0.05, 0.1) is 0 Å². The number of hydrogen-bond donors (Lipinski definition) is 0. The van der Waals surface area contributed by atoms with Crippen LogP contribution in [-0.2, 0) is 4.79 Å². The summed E-state index contributed by atoms with van der Waals surface area (Å²) in [6.07, 6.45) is 10.4. The van der Waals surface area contributed by atoms with E-state index in [-0.39, 0.29) is 11.7 Å². The Morgan fingerprint density at radius 2 is 1.93 bits per heavy atom. The second-order valence-electron chi connectivity index (χ2n) is 4.46. The van der Waals surface area contributed by atoms with Gasteiger partial charge in [0.25, 0.3) is 0 Å². The van der Waals surface area contributed by atoms with E-state index in [9.17, 15) is 4.79 Å². The molecule has 0 atom stereocenters. The van der Waals surface area contributed by atoms with Crippen molar-refractivity contribution < 1.29 is 4.79 Å². The molecule has 1 heteroatoms. The summed E-state index contributed by atoms with van der Waals surface area (Å²) >= 11 is 0. The van der Waals surface area contributed by atoms with E-state index in [1.807, 2.05) is 0 Å². The monoisotopic (exact) mass is 206 g/mol. The topological polar surface area (TPSA) is 17.1 Å². The molecular weight excluding hydrogens is 184 g/mol. The highest BCUT2D eigenvalue weighted by Gasteiger charge is 2.18. The Bertz CT molecular complexity index is 238. The van der Waals surface area contributed by atoms with Crippen LogP contribution in [0.1, 0.15) is 64.7 Å². The third kappa shape index (κ3) is 5.02. The van der Waals surface area contributed by atoms with Crippen molar-refractivity contribution in [2.24, 2.45) is 5.92 Å². The second kappa shape index (κ2) is 7.51. The molecule has 1 aliphatic rings. The predicted molar refractivity (Wildman–Crippen MR) is 63.5 cm³/mol. The average molecular weight is 206 g/mol. The van der Waals surface area contributed by atoms with E-state index in [1.54, 1.807) is 0 Å². The van der Waals surface area contributed by atoms with Gasteiger partial charge in [0, 0.05) is 12.3 Å². The van der Waals surface area contributed by atoms with E-state index in [4.69, 9.17) is 0 Å². The molecule has 0 amide bonds. The number of unbranched alkanes of at least 4 members (excludes halogenated alkanes) is 3. The molecule has 0 aliphatic heterocycles. The van der Waals surface area contributed by atoms with Crippen molar-refractivity contribution in [1.82, 2.24) is 0 Å². The molecule has 0 N–H and O–H groups in total. The van der Waals surface area contributed by atoms with Gasteiger partial charge in [-0.2, -0.15) is 0 Å². The van der Waals surface area contributed by atoms with Gasteiger partial charge >= 0.3 is 0 Å². The number of carbonyl (C=O) groups is 1. The minimum Gasteiger partial charge on any atom is -0.285 e. The van der Waals surface area contributed by atoms with Crippen LogP contribution in [0.25, 0.3) is 0 Å². The average Bonchev–Trinajstić information content (AvgIpc) is 2.30. The first kappa shape index (κ1) is 12.3. The maximum absolute atomic E-state index is 11.7. The molecule has 0 unspecified atom stereocenters. The summed E-state index contributed by atoms with van der Waals surface area (Å²) < 4.78 is 0. The maximum atomic E-state index is 11.7. The van der Waals surface area contributed by atoms with Gasteiger partial charge in [0.2, 0.25) is 5.78 Å². The molecule has 1 rings (SSSR count). The van der Waals surface area contributed by atoms with Crippen molar-refractivity contribution in [1.29, 1.82) is 0 Å². The van der Waals surface area contributed by atoms with Crippen molar-refractivity contribution in [2.45, 2.75) is 64.7 Å². The third-order valence-electron chi connectivity index (χ3n) is 3.09. The van der Waals surface area contributed by atoms with E-state index in [1.165, 1.54) is 32.1 Å². The summed E-state index contributed by atoms with van der Waals surface area (Å²) in [5.41, 5.74) is 0. The minimum absolute atomic E-state index is 0.200. The molecule has 0 aromatic heterocycles. The van der Waals surface area contributed by atoms with Gasteiger partial charge < -0.3 is 0 Å². The Labute approximate surface area is 93.6 Å². The van der Waals surface area contributed by atoms with E-state index in [0.717, 1.165) is 25.7 Å². The van der Waals surface area contributed by atoms with Crippen LogP contribution in [-0.4, -0.2) is 5.78 Å². The smallest absolute Gasteiger partial charge is 0.208 e. The first-order valence-electron chi connectivity index (χ1n) is 6.37. The van der Waals surface area contributed by atoms with Gasteiger partial charge in [-0.15, -0.1) is 0 Å². The quantitative estimate of drug-likeness (QED) is 0.389. The number of hydrogen-bond acceptors (Lipinski definition) is 1. The lowest BCUT2D eigenvalue weighted by atomic mass is 9.86. The molecule has 0 radical (unpaired) electrons. The first-order valence-corrected chi connectivity index (χ1v) is 6.37. The summed E-state index contributed by atoms with van der Waals surface area (Å²) in [6, 6.07) is 0. The number of Topliss-reactive ketones (excluding diaryl/α,β-unsaturated/α-hetero) is 1. The van der Waals surface area contributed by atoms with Crippen LogP contribution < -0.4 is 0 Å². The molecule has 0 saturated heterocycles. The zero-order valence-electron chi connectivity index (χ0n) is 9.85. The van der Waals surface area contributed by atoms with Gasteiger partial charge in [0.1, 0.15) is 0 Å². The van der Waals surface area contributed by atoms with E-state index >= 15 is 0 Å². The third-order valence-corrected chi connectivity index (χ3v) is 3.09. The van der Waals surface area contributed by atoms with E-state index in [2.05, 4.69) is 18.8 Å². The van der Waals surface area contributed by atoms with Crippen LogP contribution in [0, 0.1) is 17.8 Å². The molecule has 1 aliphatic carbocycles. The SMILES string of the molecule is CCCCCC#CC(=O)C1CCCCC1.